The largest absolute Gasteiger partial charge is 0.472 e. The standard InChI is InChI=1S/C13H13F3N2O/c1-18(7-9-4-5-19-8-9)10-2-3-12(17)11(6-10)13(14,15)16/h2-6,8H,7,17H2,1H3. The smallest absolute Gasteiger partial charge is 0.418 e. The number of furan rings is 1. The second-order valence-electron chi connectivity index (χ2n) is 4.26. The first-order chi connectivity index (χ1) is 8.88. The Morgan fingerprint density at radius 1 is 1.26 bits per heavy atom. The number of anilines is 2. The molecule has 19 heavy (non-hydrogen) atoms. The van der Waals surface area contributed by atoms with Crippen LogP contribution < -0.4 is 10.6 Å². The van der Waals surface area contributed by atoms with Crippen molar-refractivity contribution >= 4 is 11.4 Å². The normalized spacial score (nSPS) is 11.6. The van der Waals surface area contributed by atoms with E-state index < -0.39 is 11.7 Å². The first kappa shape index (κ1) is 13.3. The molecular formula is C13H13F3N2O. The van der Waals surface area contributed by atoms with Gasteiger partial charge in [-0.25, -0.2) is 0 Å². The average Bonchev–Trinajstić information content (AvgIpc) is 2.80. The Hall–Kier alpha value is -2.11. The fraction of sp³-hybridized carbons (Fsp3) is 0.231. The van der Waals surface area contributed by atoms with E-state index in [0.29, 0.717) is 12.2 Å². The molecule has 0 spiro atoms. The number of nitrogens with two attached hydrogens (primary N) is 1. The minimum Gasteiger partial charge on any atom is -0.472 e. The van der Waals surface area contributed by atoms with Gasteiger partial charge in [0.2, 0.25) is 0 Å². The number of hydrogen-bond acceptors (Lipinski definition) is 3. The van der Waals surface area contributed by atoms with Crippen molar-refractivity contribution < 1.29 is 17.6 Å². The maximum Gasteiger partial charge on any atom is 0.418 e. The average molecular weight is 270 g/mol. The molecule has 2 rings (SSSR count). The highest BCUT2D eigenvalue weighted by Crippen LogP contribution is 2.35. The van der Waals surface area contributed by atoms with Gasteiger partial charge < -0.3 is 15.1 Å². The summed E-state index contributed by atoms with van der Waals surface area (Å²) < 4.78 is 43.2. The molecule has 0 atom stereocenters. The van der Waals surface area contributed by atoms with Crippen molar-refractivity contribution in [1.29, 1.82) is 0 Å². The molecule has 0 saturated heterocycles. The Balaban J connectivity index is 2.25. The summed E-state index contributed by atoms with van der Waals surface area (Å²) in [5.74, 6) is 0. The number of alkyl halides is 3. The third-order valence-electron chi connectivity index (χ3n) is 2.78. The Labute approximate surface area is 108 Å². The topological polar surface area (TPSA) is 42.4 Å². The number of nitrogen functional groups attached to an aromatic ring is 1. The molecule has 0 amide bonds. The molecule has 0 unspecified atom stereocenters. The van der Waals surface area contributed by atoms with Crippen molar-refractivity contribution in [2.45, 2.75) is 12.7 Å². The van der Waals surface area contributed by atoms with Crippen LogP contribution in [0.2, 0.25) is 0 Å². The maximum atomic E-state index is 12.8. The van der Waals surface area contributed by atoms with Gasteiger partial charge in [0.15, 0.2) is 0 Å². The molecule has 3 nitrogen and oxygen atoms in total. The van der Waals surface area contributed by atoms with E-state index in [1.165, 1.54) is 12.3 Å². The van der Waals surface area contributed by atoms with Crippen molar-refractivity contribution in [3.05, 3.63) is 47.9 Å². The lowest BCUT2D eigenvalue weighted by molar-refractivity contribution is -0.136. The number of rotatable bonds is 3. The number of nitrogens with zero attached hydrogens (tertiary/aromatic N) is 1. The van der Waals surface area contributed by atoms with Gasteiger partial charge in [-0.15, -0.1) is 0 Å². The molecule has 2 N–H and O–H groups in total. The van der Waals surface area contributed by atoms with E-state index in [9.17, 15) is 13.2 Å². The molecule has 102 valence electrons. The Morgan fingerprint density at radius 2 is 2.00 bits per heavy atom. The summed E-state index contributed by atoms with van der Waals surface area (Å²) in [6.45, 7) is 0.456. The third kappa shape index (κ3) is 3.01. The van der Waals surface area contributed by atoms with Gasteiger partial charge in [-0.3, -0.25) is 0 Å². The van der Waals surface area contributed by atoms with E-state index in [-0.39, 0.29) is 5.69 Å². The second-order valence-corrected chi connectivity index (χ2v) is 4.26. The molecule has 1 aromatic heterocycles. The number of benzene rings is 1. The van der Waals surface area contributed by atoms with Gasteiger partial charge in [0.05, 0.1) is 18.1 Å². The first-order valence-electron chi connectivity index (χ1n) is 5.57. The summed E-state index contributed by atoms with van der Waals surface area (Å²) in [6.07, 6.45) is -1.37. The molecule has 6 heteroatoms. The highest BCUT2D eigenvalue weighted by Gasteiger charge is 2.33. The van der Waals surface area contributed by atoms with Gasteiger partial charge >= 0.3 is 6.18 Å². The Bertz CT molecular complexity index is 550. The van der Waals surface area contributed by atoms with Crippen LogP contribution in [0, 0.1) is 0 Å². The molecule has 0 radical (unpaired) electrons. The summed E-state index contributed by atoms with van der Waals surface area (Å²) >= 11 is 0. The minimum absolute atomic E-state index is 0.270. The summed E-state index contributed by atoms with van der Waals surface area (Å²) in [7, 11) is 1.71. The van der Waals surface area contributed by atoms with Gasteiger partial charge in [0, 0.05) is 30.5 Å². The Morgan fingerprint density at radius 3 is 2.58 bits per heavy atom. The quantitative estimate of drug-likeness (QED) is 0.868. The van der Waals surface area contributed by atoms with E-state index in [0.717, 1.165) is 11.6 Å². The maximum absolute atomic E-state index is 12.8. The molecule has 0 aliphatic carbocycles. The fourth-order valence-electron chi connectivity index (χ4n) is 1.77. The van der Waals surface area contributed by atoms with Gasteiger partial charge in [-0.2, -0.15) is 13.2 Å². The molecule has 2 aromatic rings. The van der Waals surface area contributed by atoms with Crippen molar-refractivity contribution in [1.82, 2.24) is 0 Å². The lowest BCUT2D eigenvalue weighted by Gasteiger charge is -2.20. The predicted molar refractivity (Wildman–Crippen MR) is 66.7 cm³/mol. The fourth-order valence-corrected chi connectivity index (χ4v) is 1.77. The molecule has 1 heterocycles. The molecule has 0 aliphatic heterocycles. The minimum atomic E-state index is -4.45. The molecule has 0 fully saturated rings. The van der Waals surface area contributed by atoms with Crippen LogP contribution in [0.25, 0.3) is 0 Å². The van der Waals surface area contributed by atoms with Crippen LogP contribution in [-0.2, 0) is 12.7 Å². The van der Waals surface area contributed by atoms with Crippen LogP contribution in [0.15, 0.2) is 41.2 Å². The molecule has 0 bridgehead atoms. The van der Waals surface area contributed by atoms with Gasteiger partial charge in [0.1, 0.15) is 0 Å². The molecule has 1 aromatic carbocycles. The number of halogens is 3. The SMILES string of the molecule is CN(Cc1ccoc1)c1ccc(N)c(C(F)(F)F)c1. The van der Waals surface area contributed by atoms with Crippen molar-refractivity contribution in [3.8, 4) is 0 Å². The highest BCUT2D eigenvalue weighted by atomic mass is 19.4. The van der Waals surface area contributed by atoms with Crippen LogP contribution in [0.5, 0.6) is 0 Å². The van der Waals surface area contributed by atoms with Crippen LogP contribution in [0.1, 0.15) is 11.1 Å². The van der Waals surface area contributed by atoms with Crippen molar-refractivity contribution in [3.63, 3.8) is 0 Å². The summed E-state index contributed by atoms with van der Waals surface area (Å²) in [5, 5.41) is 0. The lowest BCUT2D eigenvalue weighted by atomic mass is 10.1. The zero-order chi connectivity index (χ0) is 14.0. The van der Waals surface area contributed by atoms with Crippen molar-refractivity contribution in [2.75, 3.05) is 17.7 Å². The van der Waals surface area contributed by atoms with Gasteiger partial charge in [-0.05, 0) is 24.3 Å². The van der Waals surface area contributed by atoms with E-state index >= 15 is 0 Å². The summed E-state index contributed by atoms with van der Waals surface area (Å²) in [6, 6.07) is 5.64. The van der Waals surface area contributed by atoms with E-state index in [1.807, 2.05) is 0 Å². The monoisotopic (exact) mass is 270 g/mol. The molecule has 0 aliphatic rings. The summed E-state index contributed by atoms with van der Waals surface area (Å²) in [4.78, 5) is 1.69. The van der Waals surface area contributed by atoms with E-state index in [4.69, 9.17) is 10.2 Å². The Kier molecular flexibility index (Phi) is 3.42. The van der Waals surface area contributed by atoms with Crippen LogP contribution in [0.4, 0.5) is 24.5 Å². The van der Waals surface area contributed by atoms with Crippen LogP contribution in [0.3, 0.4) is 0 Å². The van der Waals surface area contributed by atoms with Crippen molar-refractivity contribution in [2.24, 2.45) is 0 Å². The summed E-state index contributed by atoms with van der Waals surface area (Å²) in [5.41, 5.74) is 5.60. The van der Waals surface area contributed by atoms with E-state index in [2.05, 4.69) is 0 Å². The predicted octanol–water partition coefficient (Wildman–Crippen LogP) is 3.52. The van der Waals surface area contributed by atoms with Gasteiger partial charge in [0.25, 0.3) is 0 Å². The van der Waals surface area contributed by atoms with E-state index in [1.54, 1.807) is 30.3 Å². The zero-order valence-electron chi connectivity index (χ0n) is 10.2. The zero-order valence-corrected chi connectivity index (χ0v) is 10.2. The first-order valence-corrected chi connectivity index (χ1v) is 5.57. The molecular weight excluding hydrogens is 257 g/mol. The molecule has 0 saturated carbocycles. The third-order valence-corrected chi connectivity index (χ3v) is 2.78. The van der Waals surface area contributed by atoms with Crippen LogP contribution in [-0.4, -0.2) is 7.05 Å². The lowest BCUT2D eigenvalue weighted by Crippen LogP contribution is -2.17. The second kappa shape index (κ2) is 4.87. The van der Waals surface area contributed by atoms with Gasteiger partial charge in [-0.1, -0.05) is 0 Å². The van der Waals surface area contributed by atoms with Crippen LogP contribution >= 0.6 is 0 Å². The number of hydrogen-bond donors (Lipinski definition) is 1. The highest BCUT2D eigenvalue weighted by molar-refractivity contribution is 5.59.